The third kappa shape index (κ3) is 5.50. The van der Waals surface area contributed by atoms with Gasteiger partial charge in [-0.1, -0.05) is 19.3 Å². The molecule has 3 heteroatoms. The van der Waals surface area contributed by atoms with Gasteiger partial charge in [-0.3, -0.25) is 0 Å². The van der Waals surface area contributed by atoms with Gasteiger partial charge in [0.1, 0.15) is 0 Å². The van der Waals surface area contributed by atoms with Gasteiger partial charge in [-0.05, 0) is 26.7 Å². The average Bonchev–Trinajstić information content (AvgIpc) is 2.28. The molecule has 1 saturated carbocycles. The fraction of sp³-hybridized carbons (Fsp3) is 0.917. The molecule has 3 nitrogen and oxygen atoms in total. The normalized spacial score (nSPS) is 18.6. The largest absolute Gasteiger partial charge is 0.345 e. The third-order valence-corrected chi connectivity index (χ3v) is 2.75. The maximum atomic E-state index is 5.41. The zero-order valence-electron chi connectivity index (χ0n) is 10.1. The van der Waals surface area contributed by atoms with Gasteiger partial charge in [-0.15, -0.1) is 0 Å². The number of nitrogens with one attached hydrogen (secondary N) is 1. The minimum Gasteiger partial charge on any atom is -0.345 e. The van der Waals surface area contributed by atoms with Crippen LogP contribution in [0.5, 0.6) is 0 Å². The Morgan fingerprint density at radius 1 is 1.07 bits per heavy atom. The SMILES string of the molecule is CCO[C](CNC1CCCCC1)OCC. The molecule has 1 rings (SSSR count). The van der Waals surface area contributed by atoms with E-state index in [4.69, 9.17) is 9.47 Å². The van der Waals surface area contributed by atoms with Gasteiger partial charge in [-0.2, -0.15) is 0 Å². The van der Waals surface area contributed by atoms with Crippen molar-refractivity contribution in [2.75, 3.05) is 19.8 Å². The lowest BCUT2D eigenvalue weighted by molar-refractivity contribution is -0.0387. The highest BCUT2D eigenvalue weighted by Gasteiger charge is 2.16. The minimum absolute atomic E-state index is 0.662. The maximum Gasteiger partial charge on any atom is 0.238 e. The van der Waals surface area contributed by atoms with Crippen molar-refractivity contribution in [3.05, 3.63) is 6.29 Å². The molecule has 0 saturated heterocycles. The summed E-state index contributed by atoms with van der Waals surface area (Å²) in [6.07, 6.45) is 7.44. The fourth-order valence-electron chi connectivity index (χ4n) is 2.00. The lowest BCUT2D eigenvalue weighted by Gasteiger charge is -2.24. The first-order valence-corrected chi connectivity index (χ1v) is 6.21. The number of ether oxygens (including phenoxy) is 2. The van der Waals surface area contributed by atoms with Crippen LogP contribution in [0.2, 0.25) is 0 Å². The zero-order valence-corrected chi connectivity index (χ0v) is 10.1. The fourth-order valence-corrected chi connectivity index (χ4v) is 2.00. The Bertz CT molecular complexity index is 141. The van der Waals surface area contributed by atoms with Gasteiger partial charge in [0.05, 0.1) is 6.54 Å². The smallest absolute Gasteiger partial charge is 0.238 e. The van der Waals surface area contributed by atoms with E-state index in [-0.39, 0.29) is 0 Å². The van der Waals surface area contributed by atoms with Crippen molar-refractivity contribution in [2.45, 2.75) is 52.0 Å². The summed E-state index contributed by atoms with van der Waals surface area (Å²) in [4.78, 5) is 0. The van der Waals surface area contributed by atoms with Crippen molar-refractivity contribution in [3.63, 3.8) is 0 Å². The number of hydrogen-bond acceptors (Lipinski definition) is 3. The Hall–Kier alpha value is -0.120. The van der Waals surface area contributed by atoms with E-state index in [1.54, 1.807) is 0 Å². The minimum atomic E-state index is 0.662. The lowest BCUT2D eigenvalue weighted by atomic mass is 9.95. The molecule has 0 bridgehead atoms. The predicted molar refractivity (Wildman–Crippen MR) is 61.4 cm³/mol. The number of hydrogen-bond donors (Lipinski definition) is 1. The van der Waals surface area contributed by atoms with Crippen molar-refractivity contribution in [3.8, 4) is 0 Å². The third-order valence-electron chi connectivity index (χ3n) is 2.75. The van der Waals surface area contributed by atoms with E-state index < -0.39 is 0 Å². The van der Waals surface area contributed by atoms with Gasteiger partial charge in [0.15, 0.2) is 0 Å². The van der Waals surface area contributed by atoms with Gasteiger partial charge in [0, 0.05) is 19.3 Å². The molecule has 0 atom stereocenters. The van der Waals surface area contributed by atoms with E-state index in [1.807, 2.05) is 13.8 Å². The molecule has 1 aliphatic carbocycles. The Balaban J connectivity index is 2.13. The van der Waals surface area contributed by atoms with Crippen LogP contribution in [-0.2, 0) is 9.47 Å². The number of rotatable bonds is 7. The van der Waals surface area contributed by atoms with E-state index in [2.05, 4.69) is 5.32 Å². The van der Waals surface area contributed by atoms with Crippen LogP contribution in [0.25, 0.3) is 0 Å². The Labute approximate surface area is 93.5 Å². The summed E-state index contributed by atoms with van der Waals surface area (Å²) in [5, 5.41) is 3.50. The van der Waals surface area contributed by atoms with Crippen molar-refractivity contribution in [1.82, 2.24) is 5.32 Å². The highest BCUT2D eigenvalue weighted by Crippen LogP contribution is 2.17. The Morgan fingerprint density at radius 3 is 2.20 bits per heavy atom. The van der Waals surface area contributed by atoms with Gasteiger partial charge in [0.2, 0.25) is 6.29 Å². The van der Waals surface area contributed by atoms with Crippen LogP contribution in [0.3, 0.4) is 0 Å². The highest BCUT2D eigenvalue weighted by atomic mass is 16.7. The van der Waals surface area contributed by atoms with E-state index in [1.165, 1.54) is 32.1 Å². The van der Waals surface area contributed by atoms with E-state index in [9.17, 15) is 0 Å². The molecule has 0 aromatic carbocycles. The van der Waals surface area contributed by atoms with E-state index in [0.29, 0.717) is 19.3 Å². The van der Waals surface area contributed by atoms with Gasteiger partial charge < -0.3 is 14.8 Å². The highest BCUT2D eigenvalue weighted by molar-refractivity contribution is 4.77. The monoisotopic (exact) mass is 214 g/mol. The molecule has 0 unspecified atom stereocenters. The summed E-state index contributed by atoms with van der Waals surface area (Å²) in [6, 6.07) is 0.662. The first kappa shape index (κ1) is 12.9. The van der Waals surface area contributed by atoms with E-state index in [0.717, 1.165) is 12.8 Å². The predicted octanol–water partition coefficient (Wildman–Crippen LogP) is 2.47. The van der Waals surface area contributed by atoms with Crippen molar-refractivity contribution >= 4 is 0 Å². The second-order valence-electron chi connectivity index (χ2n) is 3.95. The summed E-state index contributed by atoms with van der Waals surface area (Å²) in [6.45, 7) is 6.08. The molecule has 1 aliphatic rings. The molecule has 0 amide bonds. The van der Waals surface area contributed by atoms with Crippen LogP contribution < -0.4 is 5.32 Å². The summed E-state index contributed by atoms with van der Waals surface area (Å²) >= 11 is 0. The van der Waals surface area contributed by atoms with Crippen LogP contribution in [0.1, 0.15) is 46.0 Å². The standard InChI is InChI=1S/C12H24NO2/c1-3-14-12(15-4-2)10-13-11-8-6-5-7-9-11/h11,13H,3-10H2,1-2H3. The molecule has 1 N–H and O–H groups in total. The van der Waals surface area contributed by atoms with Gasteiger partial charge in [-0.25, -0.2) is 0 Å². The molecule has 0 aromatic heterocycles. The maximum absolute atomic E-state index is 5.41. The first-order valence-electron chi connectivity index (χ1n) is 6.21. The second kappa shape index (κ2) is 8.08. The molecule has 1 radical (unpaired) electrons. The summed E-state index contributed by atoms with van der Waals surface area (Å²) in [7, 11) is 0. The lowest BCUT2D eigenvalue weighted by Crippen LogP contribution is -2.35. The summed E-state index contributed by atoms with van der Waals surface area (Å²) in [5.74, 6) is 0. The molecule has 1 fully saturated rings. The van der Waals surface area contributed by atoms with Crippen LogP contribution >= 0.6 is 0 Å². The molecular weight excluding hydrogens is 190 g/mol. The van der Waals surface area contributed by atoms with Crippen LogP contribution in [0, 0.1) is 6.29 Å². The Kier molecular flexibility index (Phi) is 6.98. The van der Waals surface area contributed by atoms with Gasteiger partial charge >= 0.3 is 0 Å². The molecule has 0 spiro atoms. The summed E-state index contributed by atoms with van der Waals surface area (Å²) < 4.78 is 10.8. The Morgan fingerprint density at radius 2 is 1.67 bits per heavy atom. The zero-order chi connectivity index (χ0) is 10.9. The molecule has 15 heavy (non-hydrogen) atoms. The van der Waals surface area contributed by atoms with Crippen molar-refractivity contribution in [2.24, 2.45) is 0 Å². The van der Waals surface area contributed by atoms with Crippen molar-refractivity contribution in [1.29, 1.82) is 0 Å². The molecule has 89 valence electrons. The molecular formula is C12H24NO2. The second-order valence-corrected chi connectivity index (χ2v) is 3.95. The van der Waals surface area contributed by atoms with Crippen molar-refractivity contribution < 1.29 is 9.47 Å². The summed E-state index contributed by atoms with van der Waals surface area (Å²) in [5.41, 5.74) is 0. The molecule has 0 aromatic rings. The first-order chi connectivity index (χ1) is 7.36. The quantitative estimate of drug-likeness (QED) is 0.706. The van der Waals surface area contributed by atoms with Crippen LogP contribution in [-0.4, -0.2) is 25.8 Å². The van der Waals surface area contributed by atoms with Gasteiger partial charge in [0.25, 0.3) is 0 Å². The van der Waals surface area contributed by atoms with Crippen LogP contribution in [0.15, 0.2) is 0 Å². The van der Waals surface area contributed by atoms with E-state index >= 15 is 0 Å². The van der Waals surface area contributed by atoms with Crippen LogP contribution in [0.4, 0.5) is 0 Å². The molecule has 0 heterocycles. The molecule has 0 aliphatic heterocycles. The average molecular weight is 214 g/mol. The topological polar surface area (TPSA) is 30.5 Å².